The Hall–Kier alpha value is -2.46. The summed E-state index contributed by atoms with van der Waals surface area (Å²) in [6.45, 7) is 0. The number of amides is 1. The van der Waals surface area contributed by atoms with Gasteiger partial charge in [0.05, 0.1) is 33.8 Å². The van der Waals surface area contributed by atoms with Crippen molar-refractivity contribution in [2.45, 2.75) is 12.5 Å². The third kappa shape index (κ3) is 4.50. The number of nitrogens with zero attached hydrogens (tertiary/aromatic N) is 3. The zero-order chi connectivity index (χ0) is 23.2. The number of hydrogen-bond donors (Lipinski definition) is 0. The van der Waals surface area contributed by atoms with Crippen molar-refractivity contribution in [1.82, 2.24) is 14.7 Å². The number of rotatable bonds is 4. The van der Waals surface area contributed by atoms with Crippen molar-refractivity contribution in [2.24, 2.45) is 0 Å². The first kappa shape index (κ1) is 22.3. The molecular formula is C23H18ClN3O3S3. The van der Waals surface area contributed by atoms with Gasteiger partial charge >= 0.3 is 0 Å². The Kier molecular flexibility index (Phi) is 5.90. The van der Waals surface area contributed by atoms with E-state index in [0.717, 1.165) is 16.8 Å². The van der Waals surface area contributed by atoms with Crippen LogP contribution in [0.5, 0.6) is 0 Å². The minimum atomic E-state index is -3.14. The van der Waals surface area contributed by atoms with Crippen molar-refractivity contribution in [3.63, 3.8) is 0 Å². The molecule has 1 atom stereocenters. The van der Waals surface area contributed by atoms with Crippen LogP contribution in [0.3, 0.4) is 0 Å². The van der Waals surface area contributed by atoms with Gasteiger partial charge in [0, 0.05) is 22.3 Å². The summed E-state index contributed by atoms with van der Waals surface area (Å²) in [5.74, 6) is -0.228. The Labute approximate surface area is 206 Å². The maximum atomic E-state index is 13.2. The summed E-state index contributed by atoms with van der Waals surface area (Å²) in [5, 5.41) is 5.39. The topological polar surface area (TPSA) is 72.3 Å². The summed E-state index contributed by atoms with van der Waals surface area (Å²) >= 11 is 12.7. The van der Waals surface area contributed by atoms with Crippen molar-refractivity contribution >= 4 is 61.7 Å². The maximum absolute atomic E-state index is 13.2. The lowest BCUT2D eigenvalue weighted by Gasteiger charge is -2.20. The molecule has 10 heteroatoms. The first-order valence-corrected chi connectivity index (χ1v) is 13.6. The van der Waals surface area contributed by atoms with Crippen molar-refractivity contribution in [3.8, 4) is 16.9 Å². The van der Waals surface area contributed by atoms with Gasteiger partial charge < -0.3 is 0 Å². The average molecular weight is 516 g/mol. The minimum Gasteiger partial charge on any atom is -0.289 e. The number of carbonyl (C=O) groups is 1. The summed E-state index contributed by atoms with van der Waals surface area (Å²) in [4.78, 5) is 15.1. The number of benzene rings is 2. The molecule has 1 amide bonds. The van der Waals surface area contributed by atoms with Gasteiger partial charge in [0.2, 0.25) is 0 Å². The minimum absolute atomic E-state index is 0.0469. The Balaban J connectivity index is 1.54. The molecule has 0 saturated carbocycles. The molecule has 5 rings (SSSR count). The van der Waals surface area contributed by atoms with Crippen molar-refractivity contribution in [2.75, 3.05) is 11.5 Å². The third-order valence-electron chi connectivity index (χ3n) is 5.56. The van der Waals surface area contributed by atoms with E-state index in [9.17, 15) is 13.2 Å². The van der Waals surface area contributed by atoms with Gasteiger partial charge in [0.25, 0.3) is 5.91 Å². The van der Waals surface area contributed by atoms with Crippen LogP contribution in [-0.4, -0.2) is 50.9 Å². The number of aromatic nitrogens is 2. The Morgan fingerprint density at radius 3 is 2.52 bits per heavy atom. The van der Waals surface area contributed by atoms with E-state index in [0.29, 0.717) is 26.4 Å². The summed E-state index contributed by atoms with van der Waals surface area (Å²) in [7, 11) is -3.14. The number of thiocarbonyl (C=S) groups is 1. The number of hydrogen-bond acceptors (Lipinski definition) is 6. The second kappa shape index (κ2) is 8.72. The summed E-state index contributed by atoms with van der Waals surface area (Å²) < 4.78 is 26.0. The van der Waals surface area contributed by atoms with E-state index in [-0.39, 0.29) is 17.4 Å². The quantitative estimate of drug-likeness (QED) is 0.374. The van der Waals surface area contributed by atoms with Crippen LogP contribution in [-0.2, 0) is 14.6 Å². The molecular weight excluding hydrogens is 498 g/mol. The molecule has 0 spiro atoms. The van der Waals surface area contributed by atoms with Gasteiger partial charge in [0.15, 0.2) is 9.84 Å². The second-order valence-corrected chi connectivity index (χ2v) is 12.2. The molecule has 0 unspecified atom stereocenters. The lowest BCUT2D eigenvalue weighted by molar-refractivity contribution is -0.123. The summed E-state index contributed by atoms with van der Waals surface area (Å²) in [6.07, 6.45) is 4.05. The lowest BCUT2D eigenvalue weighted by Crippen LogP contribution is -2.39. The van der Waals surface area contributed by atoms with Gasteiger partial charge in [0.1, 0.15) is 4.32 Å². The summed E-state index contributed by atoms with van der Waals surface area (Å²) in [6, 6.07) is 16.6. The van der Waals surface area contributed by atoms with E-state index in [1.165, 1.54) is 16.7 Å². The van der Waals surface area contributed by atoms with Gasteiger partial charge in [-0.3, -0.25) is 9.69 Å². The second-order valence-electron chi connectivity index (χ2n) is 7.83. The van der Waals surface area contributed by atoms with Crippen molar-refractivity contribution in [1.29, 1.82) is 0 Å². The van der Waals surface area contributed by atoms with Crippen LogP contribution in [0.15, 0.2) is 65.7 Å². The number of sulfone groups is 1. The van der Waals surface area contributed by atoms with Crippen LogP contribution < -0.4 is 0 Å². The van der Waals surface area contributed by atoms with Gasteiger partial charge in [-0.1, -0.05) is 65.9 Å². The molecule has 2 aliphatic rings. The molecule has 3 heterocycles. The standard InChI is InChI=1S/C23H18ClN3O3S3/c24-17-8-6-15(7-9-17)21-16(13-26(25-21)18-4-2-1-3-5-18)12-20-22(28)27(23(31)32-20)19-10-11-33(29,30)14-19/h1-9,12-13,19H,10-11,14H2/b20-12-/t19-/m0/s1. The predicted octanol–water partition coefficient (Wildman–Crippen LogP) is 4.58. The van der Waals surface area contributed by atoms with E-state index in [1.807, 2.05) is 48.7 Å². The highest BCUT2D eigenvalue weighted by Gasteiger charge is 2.42. The molecule has 33 heavy (non-hydrogen) atoms. The van der Waals surface area contributed by atoms with E-state index in [4.69, 9.17) is 28.9 Å². The Morgan fingerprint density at radius 1 is 1.12 bits per heavy atom. The highest BCUT2D eigenvalue weighted by Crippen LogP contribution is 2.37. The monoisotopic (exact) mass is 515 g/mol. The molecule has 2 fully saturated rings. The summed E-state index contributed by atoms with van der Waals surface area (Å²) in [5.41, 5.74) is 3.19. The molecule has 0 N–H and O–H groups in total. The van der Waals surface area contributed by atoms with E-state index in [1.54, 1.807) is 22.9 Å². The lowest BCUT2D eigenvalue weighted by atomic mass is 10.1. The highest BCUT2D eigenvalue weighted by atomic mass is 35.5. The molecule has 0 bridgehead atoms. The van der Waals surface area contributed by atoms with Crippen LogP contribution in [0, 0.1) is 0 Å². The van der Waals surface area contributed by atoms with Crippen LogP contribution in [0.4, 0.5) is 0 Å². The third-order valence-corrected chi connectivity index (χ3v) is 8.90. The molecule has 3 aromatic rings. The van der Waals surface area contributed by atoms with Gasteiger partial charge in [-0.15, -0.1) is 0 Å². The van der Waals surface area contributed by atoms with E-state index < -0.39 is 15.9 Å². The van der Waals surface area contributed by atoms with Crippen molar-refractivity contribution < 1.29 is 13.2 Å². The fraction of sp³-hybridized carbons (Fsp3) is 0.174. The van der Waals surface area contributed by atoms with E-state index >= 15 is 0 Å². The fourth-order valence-corrected chi connectivity index (χ4v) is 7.17. The molecule has 6 nitrogen and oxygen atoms in total. The van der Waals surface area contributed by atoms with Gasteiger partial charge in [-0.05, 0) is 36.8 Å². The smallest absolute Gasteiger partial charge is 0.266 e. The largest absolute Gasteiger partial charge is 0.289 e. The normalized spacial score (nSPS) is 21.3. The van der Waals surface area contributed by atoms with Gasteiger partial charge in [-0.25, -0.2) is 13.1 Å². The van der Waals surface area contributed by atoms with Gasteiger partial charge in [-0.2, -0.15) is 5.10 Å². The Morgan fingerprint density at radius 2 is 1.85 bits per heavy atom. The SMILES string of the molecule is O=C1/C(=C/c2cn(-c3ccccc3)nc2-c2ccc(Cl)cc2)SC(=S)N1[C@H]1CCS(=O)(=O)C1. The first-order valence-electron chi connectivity index (χ1n) is 10.2. The molecule has 0 radical (unpaired) electrons. The Bertz CT molecular complexity index is 1380. The number of carbonyl (C=O) groups excluding carboxylic acids is 1. The molecule has 0 aliphatic carbocycles. The number of thioether (sulfide) groups is 1. The highest BCUT2D eigenvalue weighted by molar-refractivity contribution is 8.26. The first-order chi connectivity index (χ1) is 15.8. The number of para-hydroxylation sites is 1. The average Bonchev–Trinajstić information content (AvgIpc) is 3.45. The van der Waals surface area contributed by atoms with Crippen LogP contribution in [0.2, 0.25) is 5.02 Å². The van der Waals surface area contributed by atoms with Crippen LogP contribution >= 0.6 is 35.6 Å². The van der Waals surface area contributed by atoms with Crippen molar-refractivity contribution in [3.05, 3.63) is 76.3 Å². The number of halogens is 1. The van der Waals surface area contributed by atoms with E-state index in [2.05, 4.69) is 0 Å². The predicted molar refractivity (Wildman–Crippen MR) is 136 cm³/mol. The zero-order valence-electron chi connectivity index (χ0n) is 17.2. The molecule has 168 valence electrons. The zero-order valence-corrected chi connectivity index (χ0v) is 20.4. The molecule has 1 aromatic heterocycles. The maximum Gasteiger partial charge on any atom is 0.266 e. The fourth-order valence-electron chi connectivity index (χ4n) is 3.95. The van der Waals surface area contributed by atoms with Crippen LogP contribution in [0.1, 0.15) is 12.0 Å². The molecule has 2 saturated heterocycles. The molecule has 2 aliphatic heterocycles. The molecule has 2 aromatic carbocycles. The van der Waals surface area contributed by atoms with Crippen LogP contribution in [0.25, 0.3) is 23.0 Å².